The number of anilines is 3. The van der Waals surface area contributed by atoms with Gasteiger partial charge >= 0.3 is 6.18 Å². The fourth-order valence-corrected chi connectivity index (χ4v) is 5.67. The van der Waals surface area contributed by atoms with Crippen LogP contribution in [0.15, 0.2) is 29.3 Å². The lowest BCUT2D eigenvalue weighted by Crippen LogP contribution is -2.36. The van der Waals surface area contributed by atoms with Crippen LogP contribution in [0.3, 0.4) is 0 Å². The van der Waals surface area contributed by atoms with Gasteiger partial charge in [-0.05, 0) is 73.7 Å². The van der Waals surface area contributed by atoms with Gasteiger partial charge < -0.3 is 10.2 Å². The molecular formula is C25H34F3N5S. The molecule has 34 heavy (non-hydrogen) atoms. The van der Waals surface area contributed by atoms with Crippen molar-refractivity contribution >= 4 is 29.4 Å². The summed E-state index contributed by atoms with van der Waals surface area (Å²) in [5.41, 5.74) is 1.12. The van der Waals surface area contributed by atoms with Gasteiger partial charge in [0, 0.05) is 35.9 Å². The van der Waals surface area contributed by atoms with Gasteiger partial charge in [0.1, 0.15) is 11.4 Å². The Labute approximate surface area is 204 Å². The van der Waals surface area contributed by atoms with Crippen molar-refractivity contribution in [1.82, 2.24) is 14.7 Å². The van der Waals surface area contributed by atoms with Crippen LogP contribution in [-0.2, 0) is 12.6 Å². The van der Waals surface area contributed by atoms with Gasteiger partial charge in [-0.15, -0.1) is 0 Å². The maximum Gasteiger partial charge on any atom is 0.421 e. The Morgan fingerprint density at radius 1 is 1.12 bits per heavy atom. The van der Waals surface area contributed by atoms with E-state index in [1.807, 2.05) is 12.1 Å². The second-order valence-corrected chi connectivity index (χ2v) is 10.4. The van der Waals surface area contributed by atoms with Crippen molar-refractivity contribution in [2.45, 2.75) is 82.3 Å². The molecule has 1 aliphatic heterocycles. The molecule has 1 saturated carbocycles. The van der Waals surface area contributed by atoms with E-state index >= 15 is 0 Å². The van der Waals surface area contributed by atoms with Crippen LogP contribution in [0.25, 0.3) is 0 Å². The molecule has 2 N–H and O–H groups in total. The third-order valence-corrected chi connectivity index (χ3v) is 7.62. The number of benzene rings is 1. The van der Waals surface area contributed by atoms with Crippen molar-refractivity contribution in [1.29, 1.82) is 0 Å². The van der Waals surface area contributed by atoms with Crippen LogP contribution in [0.1, 0.15) is 69.9 Å². The number of piperidine rings is 1. The minimum atomic E-state index is -4.49. The molecule has 1 aliphatic carbocycles. The normalized spacial score (nSPS) is 19.9. The summed E-state index contributed by atoms with van der Waals surface area (Å²) in [7, 11) is 0. The van der Waals surface area contributed by atoms with Crippen molar-refractivity contribution in [3.63, 3.8) is 0 Å². The maximum absolute atomic E-state index is 13.7. The Morgan fingerprint density at radius 3 is 2.62 bits per heavy atom. The molecule has 0 amide bonds. The Balaban J connectivity index is 1.52. The van der Waals surface area contributed by atoms with Crippen LogP contribution in [0.2, 0.25) is 0 Å². The molecule has 0 radical (unpaired) electrons. The highest BCUT2D eigenvalue weighted by molar-refractivity contribution is 7.97. The number of nitrogens with zero attached hydrogens (tertiary/aromatic N) is 3. The number of alkyl halides is 3. The highest BCUT2D eigenvalue weighted by Crippen LogP contribution is 2.37. The van der Waals surface area contributed by atoms with E-state index in [4.69, 9.17) is 0 Å². The van der Waals surface area contributed by atoms with E-state index < -0.39 is 11.7 Å². The summed E-state index contributed by atoms with van der Waals surface area (Å²) in [5, 5.41) is 3.18. The Bertz CT molecular complexity index is 962. The zero-order valence-electron chi connectivity index (χ0n) is 19.9. The van der Waals surface area contributed by atoms with Crippen molar-refractivity contribution in [3.8, 4) is 0 Å². The predicted molar refractivity (Wildman–Crippen MR) is 133 cm³/mol. The average Bonchev–Trinajstić information content (AvgIpc) is 2.83. The third kappa shape index (κ3) is 6.36. The SMILES string of the molecule is CCc1cc(SNC2CCCCC2)ccc1Nc1ncc(C(F)(F)F)c(N2CCCC(C)C2)n1. The van der Waals surface area contributed by atoms with Gasteiger partial charge in [-0.3, -0.25) is 4.72 Å². The highest BCUT2D eigenvalue weighted by atomic mass is 32.2. The smallest absolute Gasteiger partial charge is 0.356 e. The topological polar surface area (TPSA) is 53.1 Å². The molecule has 1 aromatic carbocycles. The van der Waals surface area contributed by atoms with Crippen LogP contribution < -0.4 is 14.9 Å². The van der Waals surface area contributed by atoms with E-state index in [0.717, 1.165) is 41.6 Å². The Morgan fingerprint density at radius 2 is 1.91 bits per heavy atom. The van der Waals surface area contributed by atoms with Crippen molar-refractivity contribution < 1.29 is 13.2 Å². The second-order valence-electron chi connectivity index (χ2n) is 9.47. The molecule has 186 valence electrons. The molecular weight excluding hydrogens is 459 g/mol. The third-order valence-electron chi connectivity index (χ3n) is 6.68. The quantitative estimate of drug-likeness (QED) is 0.407. The molecule has 1 atom stereocenters. The van der Waals surface area contributed by atoms with E-state index in [-0.39, 0.29) is 11.8 Å². The average molecular weight is 494 g/mol. The zero-order chi connectivity index (χ0) is 24.1. The minimum Gasteiger partial charge on any atom is -0.356 e. The number of nitrogens with one attached hydrogen (secondary N) is 2. The van der Waals surface area contributed by atoms with Crippen molar-refractivity contribution in [3.05, 3.63) is 35.5 Å². The molecule has 2 fully saturated rings. The van der Waals surface area contributed by atoms with Crippen LogP contribution in [0.5, 0.6) is 0 Å². The first-order valence-electron chi connectivity index (χ1n) is 12.3. The van der Waals surface area contributed by atoms with Crippen molar-refractivity contribution in [2.75, 3.05) is 23.3 Å². The molecule has 5 nitrogen and oxygen atoms in total. The summed E-state index contributed by atoms with van der Waals surface area (Å²) in [4.78, 5) is 11.3. The first kappa shape index (κ1) is 25.1. The molecule has 1 aromatic heterocycles. The van der Waals surface area contributed by atoms with E-state index in [1.54, 1.807) is 16.8 Å². The number of hydrogen-bond acceptors (Lipinski definition) is 6. The van der Waals surface area contributed by atoms with Gasteiger partial charge in [-0.25, -0.2) is 4.98 Å². The first-order chi connectivity index (χ1) is 16.3. The zero-order valence-corrected chi connectivity index (χ0v) is 20.7. The summed E-state index contributed by atoms with van der Waals surface area (Å²) in [5.74, 6) is 0.496. The summed E-state index contributed by atoms with van der Waals surface area (Å²) >= 11 is 1.66. The highest BCUT2D eigenvalue weighted by Gasteiger charge is 2.37. The molecule has 0 bridgehead atoms. The molecule has 2 aromatic rings. The van der Waals surface area contributed by atoms with Crippen LogP contribution in [0.4, 0.5) is 30.6 Å². The Hall–Kier alpha value is -2.00. The summed E-state index contributed by atoms with van der Waals surface area (Å²) in [6, 6.07) is 6.67. The monoisotopic (exact) mass is 493 g/mol. The first-order valence-corrected chi connectivity index (χ1v) is 13.2. The molecule has 4 rings (SSSR count). The largest absolute Gasteiger partial charge is 0.421 e. The number of aromatic nitrogens is 2. The van der Waals surface area contributed by atoms with Crippen LogP contribution in [-0.4, -0.2) is 29.1 Å². The summed E-state index contributed by atoms with van der Waals surface area (Å²) in [6.07, 6.45) is 5.42. The minimum absolute atomic E-state index is 0.0292. The van der Waals surface area contributed by atoms with E-state index in [0.29, 0.717) is 25.0 Å². The standard InChI is InChI=1S/C25H34F3N5S/c1-3-18-14-20(34-32-19-9-5-4-6-10-19)11-12-22(18)30-24-29-15-21(25(26,27)28)23(31-24)33-13-7-8-17(2)16-33/h11-12,14-15,17,19,32H,3-10,13,16H2,1-2H3,(H,29,30,31). The molecule has 9 heteroatoms. The fraction of sp³-hybridized carbons (Fsp3) is 0.600. The van der Waals surface area contributed by atoms with Gasteiger partial charge in [-0.1, -0.05) is 33.1 Å². The van der Waals surface area contributed by atoms with Gasteiger partial charge in [0.25, 0.3) is 0 Å². The second kappa shape index (κ2) is 11.2. The number of hydrogen-bond donors (Lipinski definition) is 2. The lowest BCUT2D eigenvalue weighted by atomic mass is 9.96. The van der Waals surface area contributed by atoms with E-state index in [1.165, 1.54) is 32.1 Å². The molecule has 2 aliphatic rings. The van der Waals surface area contributed by atoms with Gasteiger partial charge in [0.2, 0.25) is 5.95 Å². The van der Waals surface area contributed by atoms with Crippen LogP contribution >= 0.6 is 11.9 Å². The van der Waals surface area contributed by atoms with Gasteiger partial charge in [0.05, 0.1) is 0 Å². The molecule has 1 unspecified atom stereocenters. The van der Waals surface area contributed by atoms with Gasteiger partial charge in [0.15, 0.2) is 0 Å². The maximum atomic E-state index is 13.7. The number of halogens is 3. The number of aryl methyl sites for hydroxylation is 1. The molecule has 2 heterocycles. The lowest BCUT2D eigenvalue weighted by molar-refractivity contribution is -0.137. The van der Waals surface area contributed by atoms with E-state index in [9.17, 15) is 13.2 Å². The van der Waals surface area contributed by atoms with E-state index in [2.05, 4.69) is 39.9 Å². The van der Waals surface area contributed by atoms with Crippen molar-refractivity contribution in [2.24, 2.45) is 5.92 Å². The number of rotatable bonds is 7. The predicted octanol–water partition coefficient (Wildman–Crippen LogP) is 6.97. The summed E-state index contributed by atoms with van der Waals surface area (Å²) < 4.78 is 44.7. The molecule has 1 saturated heterocycles. The Kier molecular flexibility index (Phi) is 8.24. The lowest BCUT2D eigenvalue weighted by Gasteiger charge is -2.33. The molecule has 0 spiro atoms. The summed E-state index contributed by atoms with van der Waals surface area (Å²) in [6.45, 7) is 5.28. The van der Waals surface area contributed by atoms with Gasteiger partial charge in [-0.2, -0.15) is 18.2 Å². The van der Waals surface area contributed by atoms with Crippen LogP contribution in [0, 0.1) is 5.92 Å². The fourth-order valence-electron chi connectivity index (χ4n) is 4.80.